The normalized spacial score (nSPS) is 53.4. The fraction of sp³-hybridized carbons (Fsp3) is 1.00. The van der Waals surface area contributed by atoms with Gasteiger partial charge < -0.3 is 9.47 Å². The van der Waals surface area contributed by atoms with Gasteiger partial charge in [0.1, 0.15) is 6.10 Å². The summed E-state index contributed by atoms with van der Waals surface area (Å²) in [6.45, 7) is 2.77. The quantitative estimate of drug-likeness (QED) is 0.505. The summed E-state index contributed by atoms with van der Waals surface area (Å²) in [6, 6.07) is 0. The highest BCUT2D eigenvalue weighted by Gasteiger charge is 2.51. The molecular formula is C7H11FO2. The molecule has 2 heterocycles. The Kier molecular flexibility index (Phi) is 1.26. The molecule has 2 aliphatic heterocycles. The van der Waals surface area contributed by atoms with Crippen LogP contribution in [-0.4, -0.2) is 31.1 Å². The lowest BCUT2D eigenvalue weighted by Gasteiger charge is -2.20. The Morgan fingerprint density at radius 2 is 2.40 bits per heavy atom. The van der Waals surface area contributed by atoms with Crippen LogP contribution in [0.2, 0.25) is 0 Å². The molecule has 2 aliphatic rings. The minimum atomic E-state index is -0.910. The van der Waals surface area contributed by atoms with Gasteiger partial charge in [0.25, 0.3) is 0 Å². The van der Waals surface area contributed by atoms with Crippen LogP contribution in [-0.2, 0) is 9.47 Å². The second-order valence-corrected chi connectivity index (χ2v) is 3.18. The molecule has 0 amide bonds. The van der Waals surface area contributed by atoms with E-state index < -0.39 is 6.17 Å². The highest BCUT2D eigenvalue weighted by atomic mass is 19.1. The van der Waals surface area contributed by atoms with E-state index in [1.165, 1.54) is 0 Å². The summed E-state index contributed by atoms with van der Waals surface area (Å²) in [6.07, 6.45) is -0.377. The molecule has 2 nitrogen and oxygen atoms in total. The molecule has 58 valence electrons. The van der Waals surface area contributed by atoms with Crippen LogP contribution in [0.15, 0.2) is 0 Å². The second-order valence-electron chi connectivity index (χ2n) is 3.18. The van der Waals surface area contributed by atoms with Crippen molar-refractivity contribution in [1.29, 1.82) is 0 Å². The van der Waals surface area contributed by atoms with E-state index in [2.05, 4.69) is 0 Å². The Morgan fingerprint density at radius 3 is 3.10 bits per heavy atom. The maximum absolute atomic E-state index is 12.9. The van der Waals surface area contributed by atoms with Crippen LogP contribution < -0.4 is 0 Å². The van der Waals surface area contributed by atoms with Gasteiger partial charge >= 0.3 is 0 Å². The van der Waals surface area contributed by atoms with Crippen LogP contribution in [0.1, 0.15) is 13.3 Å². The van der Waals surface area contributed by atoms with Gasteiger partial charge in [0.05, 0.1) is 18.8 Å². The van der Waals surface area contributed by atoms with Gasteiger partial charge in [-0.15, -0.1) is 0 Å². The minimum absolute atomic E-state index is 0.209. The van der Waals surface area contributed by atoms with Gasteiger partial charge in [0, 0.05) is 6.42 Å². The molecule has 0 radical (unpaired) electrons. The third kappa shape index (κ3) is 0.705. The van der Waals surface area contributed by atoms with Crippen molar-refractivity contribution in [3.05, 3.63) is 0 Å². The van der Waals surface area contributed by atoms with Crippen LogP contribution in [0.4, 0.5) is 4.39 Å². The topological polar surface area (TPSA) is 18.5 Å². The highest BCUT2D eigenvalue weighted by Crippen LogP contribution is 2.37. The molecule has 2 fully saturated rings. The van der Waals surface area contributed by atoms with Crippen molar-refractivity contribution < 1.29 is 13.9 Å². The Balaban J connectivity index is 2.19. The summed E-state index contributed by atoms with van der Waals surface area (Å²) in [5, 5.41) is 0. The summed E-state index contributed by atoms with van der Waals surface area (Å²) in [7, 11) is 0. The van der Waals surface area contributed by atoms with E-state index >= 15 is 0 Å². The van der Waals surface area contributed by atoms with E-state index in [1.807, 2.05) is 6.92 Å². The van der Waals surface area contributed by atoms with Gasteiger partial charge in [-0.25, -0.2) is 4.39 Å². The molecule has 0 aromatic carbocycles. The molecule has 0 aromatic heterocycles. The number of hydrogen-bond donors (Lipinski definition) is 0. The first kappa shape index (κ1) is 6.55. The fourth-order valence-electron chi connectivity index (χ4n) is 1.71. The van der Waals surface area contributed by atoms with Crippen LogP contribution in [0.3, 0.4) is 0 Å². The van der Waals surface area contributed by atoms with E-state index in [-0.39, 0.29) is 18.3 Å². The zero-order valence-electron chi connectivity index (χ0n) is 5.97. The smallest absolute Gasteiger partial charge is 0.152 e. The van der Waals surface area contributed by atoms with E-state index in [0.29, 0.717) is 6.61 Å². The number of rotatable bonds is 0. The Morgan fingerprint density at radius 1 is 1.60 bits per heavy atom. The zero-order chi connectivity index (χ0) is 7.19. The molecule has 0 bridgehead atoms. The van der Waals surface area contributed by atoms with E-state index in [0.717, 1.165) is 6.42 Å². The minimum Gasteiger partial charge on any atom is -0.372 e. The van der Waals surface area contributed by atoms with Crippen molar-refractivity contribution in [2.75, 3.05) is 13.2 Å². The molecule has 2 rings (SSSR count). The SMILES string of the molecule is C[C@@]12CCO[C@@H]1[C@@H](F)CO2. The van der Waals surface area contributed by atoms with Crippen LogP contribution in [0.25, 0.3) is 0 Å². The van der Waals surface area contributed by atoms with Gasteiger partial charge in [0.2, 0.25) is 0 Å². The molecule has 3 atom stereocenters. The lowest BCUT2D eigenvalue weighted by Crippen LogP contribution is -2.34. The van der Waals surface area contributed by atoms with E-state index in [9.17, 15) is 4.39 Å². The third-order valence-corrected chi connectivity index (χ3v) is 2.40. The van der Waals surface area contributed by atoms with Gasteiger partial charge in [-0.2, -0.15) is 0 Å². The number of hydrogen-bond acceptors (Lipinski definition) is 2. The maximum atomic E-state index is 12.9. The van der Waals surface area contributed by atoms with Gasteiger partial charge in [-0.3, -0.25) is 0 Å². The maximum Gasteiger partial charge on any atom is 0.152 e. The fourth-order valence-corrected chi connectivity index (χ4v) is 1.71. The summed E-state index contributed by atoms with van der Waals surface area (Å²) in [5.74, 6) is 0. The number of halogens is 1. The third-order valence-electron chi connectivity index (χ3n) is 2.40. The second kappa shape index (κ2) is 1.92. The van der Waals surface area contributed by atoms with Gasteiger partial charge in [-0.05, 0) is 6.92 Å². The average Bonchev–Trinajstić information content (AvgIpc) is 2.35. The Bertz CT molecular complexity index is 151. The van der Waals surface area contributed by atoms with E-state index in [4.69, 9.17) is 9.47 Å². The predicted molar refractivity (Wildman–Crippen MR) is 33.6 cm³/mol. The molecule has 3 heteroatoms. The van der Waals surface area contributed by atoms with Crippen LogP contribution in [0.5, 0.6) is 0 Å². The van der Waals surface area contributed by atoms with E-state index in [1.54, 1.807) is 0 Å². The van der Waals surface area contributed by atoms with Crippen molar-refractivity contribution in [3.63, 3.8) is 0 Å². The van der Waals surface area contributed by atoms with Crippen LogP contribution >= 0.6 is 0 Å². The first-order valence-electron chi connectivity index (χ1n) is 3.62. The summed E-state index contributed by atoms with van der Waals surface area (Å²) in [4.78, 5) is 0. The number of fused-ring (bicyclic) bond motifs is 1. The number of alkyl halides is 1. The van der Waals surface area contributed by atoms with Crippen molar-refractivity contribution in [1.82, 2.24) is 0 Å². The molecule has 0 unspecified atom stereocenters. The standard InChI is InChI=1S/C7H11FO2/c1-7-2-3-9-6(7)5(8)4-10-7/h5-6H,2-4H2,1H3/t5-,6+,7+/m0/s1. The largest absolute Gasteiger partial charge is 0.372 e. The molecule has 0 spiro atoms. The van der Waals surface area contributed by atoms with Crippen LogP contribution in [0, 0.1) is 0 Å². The van der Waals surface area contributed by atoms with Crippen molar-refractivity contribution in [3.8, 4) is 0 Å². The predicted octanol–water partition coefficient (Wildman–Crippen LogP) is 0.902. The molecule has 0 aromatic rings. The first-order valence-corrected chi connectivity index (χ1v) is 3.62. The summed E-state index contributed by atoms with van der Waals surface area (Å²) in [5.41, 5.74) is -0.320. The molecular weight excluding hydrogens is 135 g/mol. The van der Waals surface area contributed by atoms with Gasteiger partial charge in [0.15, 0.2) is 6.17 Å². The average molecular weight is 146 g/mol. The van der Waals surface area contributed by atoms with Crippen molar-refractivity contribution in [2.24, 2.45) is 0 Å². The highest BCUT2D eigenvalue weighted by molar-refractivity contribution is 4.99. The van der Waals surface area contributed by atoms with Crippen molar-refractivity contribution in [2.45, 2.75) is 31.2 Å². The number of ether oxygens (including phenoxy) is 2. The van der Waals surface area contributed by atoms with Gasteiger partial charge in [-0.1, -0.05) is 0 Å². The zero-order valence-corrected chi connectivity index (χ0v) is 5.97. The molecule has 0 saturated carbocycles. The summed E-state index contributed by atoms with van der Waals surface area (Å²) < 4.78 is 23.3. The lowest BCUT2D eigenvalue weighted by molar-refractivity contribution is -0.00861. The monoisotopic (exact) mass is 146 g/mol. The Hall–Kier alpha value is -0.150. The Labute approximate surface area is 59.3 Å². The molecule has 0 N–H and O–H groups in total. The summed E-state index contributed by atoms with van der Waals surface area (Å²) >= 11 is 0. The first-order chi connectivity index (χ1) is 4.72. The van der Waals surface area contributed by atoms with Crippen molar-refractivity contribution >= 4 is 0 Å². The lowest BCUT2D eigenvalue weighted by atomic mass is 9.98. The molecule has 0 aliphatic carbocycles. The molecule has 2 saturated heterocycles. The molecule has 10 heavy (non-hydrogen) atoms.